The van der Waals surface area contributed by atoms with Crippen LogP contribution in [0.2, 0.25) is 0 Å². The minimum absolute atomic E-state index is 0.00653. The molecule has 1 aliphatic carbocycles. The molecule has 21 heavy (non-hydrogen) atoms. The molecule has 6 heteroatoms. The number of urea groups is 1. The Balaban J connectivity index is 2.30. The third-order valence-electron chi connectivity index (χ3n) is 3.85. The minimum Gasteiger partial charge on any atom is -0.481 e. The number of carboxylic acid groups (broad SMARTS) is 1. The zero-order chi connectivity index (χ0) is 15.6. The number of hydrogen-bond acceptors (Lipinski definition) is 3. The molecule has 2 amide bonds. The average Bonchev–Trinajstić information content (AvgIpc) is 2.42. The summed E-state index contributed by atoms with van der Waals surface area (Å²) < 4.78 is 5.37. The van der Waals surface area contributed by atoms with Crippen LogP contribution in [0.4, 0.5) is 4.79 Å². The van der Waals surface area contributed by atoms with Crippen LogP contribution in [0.15, 0.2) is 0 Å². The van der Waals surface area contributed by atoms with Crippen molar-refractivity contribution < 1.29 is 19.4 Å². The predicted molar refractivity (Wildman–Crippen MR) is 80.3 cm³/mol. The van der Waals surface area contributed by atoms with Gasteiger partial charge in [-0.3, -0.25) is 4.79 Å². The number of rotatable bonds is 9. The van der Waals surface area contributed by atoms with Gasteiger partial charge in [0.1, 0.15) is 0 Å². The van der Waals surface area contributed by atoms with E-state index in [4.69, 9.17) is 9.84 Å². The minimum atomic E-state index is -0.861. The number of unbranched alkanes of at least 4 members (excludes halogenated alkanes) is 1. The first kappa shape index (κ1) is 17.8. The van der Waals surface area contributed by atoms with Crippen molar-refractivity contribution in [2.75, 3.05) is 19.8 Å². The van der Waals surface area contributed by atoms with Crippen LogP contribution in [0.3, 0.4) is 0 Å². The third-order valence-corrected chi connectivity index (χ3v) is 3.85. The van der Waals surface area contributed by atoms with Crippen molar-refractivity contribution in [3.8, 4) is 0 Å². The van der Waals surface area contributed by atoms with Gasteiger partial charge in [0.15, 0.2) is 0 Å². The summed E-state index contributed by atoms with van der Waals surface area (Å²) in [5.41, 5.74) is -0.586. The SMILES string of the molecule is CCCCOCCNC(=O)NC1(CC(=O)O)CCCCC1. The van der Waals surface area contributed by atoms with E-state index < -0.39 is 11.5 Å². The van der Waals surface area contributed by atoms with E-state index in [1.54, 1.807) is 0 Å². The lowest BCUT2D eigenvalue weighted by Gasteiger charge is -2.36. The lowest BCUT2D eigenvalue weighted by atomic mass is 9.79. The molecule has 0 spiro atoms. The van der Waals surface area contributed by atoms with Gasteiger partial charge >= 0.3 is 12.0 Å². The highest BCUT2D eigenvalue weighted by molar-refractivity contribution is 5.76. The number of carboxylic acids is 1. The van der Waals surface area contributed by atoms with Crippen LogP contribution < -0.4 is 10.6 Å². The van der Waals surface area contributed by atoms with E-state index in [-0.39, 0.29) is 12.5 Å². The van der Waals surface area contributed by atoms with Crippen molar-refractivity contribution in [1.29, 1.82) is 0 Å². The largest absolute Gasteiger partial charge is 0.481 e. The van der Waals surface area contributed by atoms with Crippen molar-refractivity contribution in [2.45, 2.75) is 63.8 Å². The second-order valence-electron chi connectivity index (χ2n) is 5.76. The standard InChI is InChI=1S/C15H28N2O4/c1-2-3-10-21-11-9-16-14(20)17-15(12-13(18)19)7-5-4-6-8-15/h2-12H2,1H3,(H,18,19)(H2,16,17,20). The zero-order valence-electron chi connectivity index (χ0n) is 13.0. The third kappa shape index (κ3) is 7.32. The highest BCUT2D eigenvalue weighted by Crippen LogP contribution is 2.31. The average molecular weight is 300 g/mol. The summed E-state index contributed by atoms with van der Waals surface area (Å²) in [7, 11) is 0. The maximum absolute atomic E-state index is 11.9. The van der Waals surface area contributed by atoms with Gasteiger partial charge in [-0.15, -0.1) is 0 Å². The second-order valence-corrected chi connectivity index (χ2v) is 5.76. The number of carbonyl (C=O) groups excluding carboxylic acids is 1. The van der Waals surface area contributed by atoms with Gasteiger partial charge < -0.3 is 20.5 Å². The maximum Gasteiger partial charge on any atom is 0.315 e. The molecule has 6 nitrogen and oxygen atoms in total. The molecule has 1 aliphatic rings. The molecule has 0 saturated heterocycles. The molecule has 0 radical (unpaired) electrons. The van der Waals surface area contributed by atoms with Crippen LogP contribution in [-0.2, 0) is 9.53 Å². The van der Waals surface area contributed by atoms with Crippen LogP contribution in [0.1, 0.15) is 58.3 Å². The predicted octanol–water partition coefficient (Wildman–Crippen LogP) is 2.28. The van der Waals surface area contributed by atoms with Gasteiger partial charge in [-0.25, -0.2) is 4.79 Å². The number of hydrogen-bond donors (Lipinski definition) is 3. The van der Waals surface area contributed by atoms with Crippen LogP contribution in [0.5, 0.6) is 0 Å². The van der Waals surface area contributed by atoms with Crippen molar-refractivity contribution in [3.63, 3.8) is 0 Å². The summed E-state index contributed by atoms with van der Waals surface area (Å²) in [6.07, 6.45) is 6.61. The number of carbonyl (C=O) groups is 2. The molecule has 0 aromatic rings. The van der Waals surface area contributed by atoms with Gasteiger partial charge in [-0.1, -0.05) is 32.6 Å². The van der Waals surface area contributed by atoms with Gasteiger partial charge in [-0.2, -0.15) is 0 Å². The van der Waals surface area contributed by atoms with Gasteiger partial charge in [0, 0.05) is 13.2 Å². The van der Waals surface area contributed by atoms with Crippen molar-refractivity contribution in [3.05, 3.63) is 0 Å². The molecule has 0 atom stereocenters. The Hall–Kier alpha value is -1.30. The first-order valence-corrected chi connectivity index (χ1v) is 7.93. The van der Waals surface area contributed by atoms with Gasteiger partial charge in [0.25, 0.3) is 0 Å². The number of nitrogens with one attached hydrogen (secondary N) is 2. The summed E-state index contributed by atoms with van der Waals surface area (Å²) in [6.45, 7) is 3.74. The fourth-order valence-corrected chi connectivity index (χ4v) is 2.73. The number of ether oxygens (including phenoxy) is 1. The van der Waals surface area contributed by atoms with E-state index in [1.165, 1.54) is 0 Å². The summed E-state index contributed by atoms with van der Waals surface area (Å²) in [6, 6.07) is -0.294. The first-order valence-electron chi connectivity index (χ1n) is 7.93. The highest BCUT2D eigenvalue weighted by atomic mass is 16.5. The molecular formula is C15H28N2O4. The molecule has 0 aromatic heterocycles. The van der Waals surface area contributed by atoms with Crippen LogP contribution in [0, 0.1) is 0 Å². The molecular weight excluding hydrogens is 272 g/mol. The lowest BCUT2D eigenvalue weighted by molar-refractivity contribution is -0.139. The number of aliphatic carboxylic acids is 1. The van der Waals surface area contributed by atoms with Gasteiger partial charge in [-0.05, 0) is 19.3 Å². The Labute approximate surface area is 126 Å². The molecule has 0 unspecified atom stereocenters. The molecule has 0 aliphatic heterocycles. The maximum atomic E-state index is 11.9. The van der Waals surface area contributed by atoms with E-state index in [2.05, 4.69) is 17.6 Å². The molecule has 1 rings (SSSR count). The Morgan fingerprint density at radius 3 is 2.52 bits per heavy atom. The Morgan fingerprint density at radius 2 is 1.90 bits per heavy atom. The topological polar surface area (TPSA) is 87.7 Å². The van der Waals surface area contributed by atoms with E-state index in [0.29, 0.717) is 19.8 Å². The quantitative estimate of drug-likeness (QED) is 0.570. The van der Waals surface area contributed by atoms with Crippen LogP contribution in [-0.4, -0.2) is 42.4 Å². The summed E-state index contributed by atoms with van der Waals surface area (Å²) in [5.74, 6) is -0.861. The first-order chi connectivity index (χ1) is 10.1. The van der Waals surface area contributed by atoms with Gasteiger partial charge in [0.2, 0.25) is 0 Å². The molecule has 0 aromatic carbocycles. The molecule has 0 heterocycles. The highest BCUT2D eigenvalue weighted by Gasteiger charge is 2.35. The second kappa shape index (κ2) is 9.60. The van der Waals surface area contributed by atoms with Crippen molar-refractivity contribution in [2.24, 2.45) is 0 Å². The Kier molecular flexibility index (Phi) is 8.12. The lowest BCUT2D eigenvalue weighted by Crippen LogP contribution is -2.54. The summed E-state index contributed by atoms with van der Waals surface area (Å²) in [5, 5.41) is 14.7. The summed E-state index contributed by atoms with van der Waals surface area (Å²) in [4.78, 5) is 22.9. The van der Waals surface area contributed by atoms with E-state index >= 15 is 0 Å². The van der Waals surface area contributed by atoms with Crippen LogP contribution >= 0.6 is 0 Å². The van der Waals surface area contributed by atoms with E-state index in [9.17, 15) is 9.59 Å². The Bertz CT molecular complexity index is 328. The van der Waals surface area contributed by atoms with E-state index in [1.807, 2.05) is 0 Å². The normalized spacial score (nSPS) is 17.2. The molecule has 0 bridgehead atoms. The smallest absolute Gasteiger partial charge is 0.315 e. The summed E-state index contributed by atoms with van der Waals surface area (Å²) >= 11 is 0. The zero-order valence-corrected chi connectivity index (χ0v) is 13.0. The van der Waals surface area contributed by atoms with Gasteiger partial charge in [0.05, 0.1) is 18.6 Å². The monoisotopic (exact) mass is 300 g/mol. The fourth-order valence-electron chi connectivity index (χ4n) is 2.73. The molecule has 122 valence electrons. The molecule has 3 N–H and O–H groups in total. The fraction of sp³-hybridized carbons (Fsp3) is 0.867. The van der Waals surface area contributed by atoms with Crippen LogP contribution in [0.25, 0.3) is 0 Å². The Morgan fingerprint density at radius 1 is 1.19 bits per heavy atom. The van der Waals surface area contributed by atoms with Crippen molar-refractivity contribution in [1.82, 2.24) is 10.6 Å². The number of amides is 2. The molecule has 1 saturated carbocycles. The molecule has 1 fully saturated rings. The van der Waals surface area contributed by atoms with E-state index in [0.717, 1.165) is 44.9 Å². The van der Waals surface area contributed by atoms with Crippen molar-refractivity contribution >= 4 is 12.0 Å².